The van der Waals surface area contributed by atoms with Crippen LogP contribution in [-0.4, -0.2) is 20.8 Å². The highest BCUT2D eigenvalue weighted by Crippen LogP contribution is 2.28. The van der Waals surface area contributed by atoms with Gasteiger partial charge in [0.15, 0.2) is 11.0 Å². The van der Waals surface area contributed by atoms with E-state index in [0.717, 1.165) is 33.4 Å². The fourth-order valence-corrected chi connectivity index (χ4v) is 4.75. The fourth-order valence-electron chi connectivity index (χ4n) is 3.68. The number of thioether (sulfide) groups is 1. The lowest BCUT2D eigenvalue weighted by Gasteiger charge is -2.14. The molecule has 180 valence electrons. The van der Waals surface area contributed by atoms with E-state index in [1.807, 2.05) is 61.7 Å². The molecule has 8 heteroatoms. The number of urea groups is 1. The van der Waals surface area contributed by atoms with E-state index in [9.17, 15) is 4.79 Å². The average molecular weight is 506 g/mol. The van der Waals surface area contributed by atoms with Crippen LogP contribution in [0.2, 0.25) is 5.02 Å². The first-order chi connectivity index (χ1) is 16.8. The molecule has 0 bridgehead atoms. The van der Waals surface area contributed by atoms with Crippen molar-refractivity contribution in [3.8, 4) is 5.69 Å². The van der Waals surface area contributed by atoms with Gasteiger partial charge >= 0.3 is 6.03 Å². The van der Waals surface area contributed by atoms with Crippen LogP contribution in [-0.2, 0) is 12.3 Å². The van der Waals surface area contributed by atoms with Crippen molar-refractivity contribution in [3.63, 3.8) is 0 Å². The third-order valence-corrected chi connectivity index (χ3v) is 6.97. The van der Waals surface area contributed by atoms with Crippen LogP contribution < -0.4 is 10.6 Å². The Labute approximate surface area is 215 Å². The van der Waals surface area contributed by atoms with Crippen LogP contribution in [0.25, 0.3) is 5.69 Å². The number of amides is 2. The Hall–Kier alpha value is -3.29. The minimum absolute atomic E-state index is 0.209. The summed E-state index contributed by atoms with van der Waals surface area (Å²) >= 11 is 7.93. The molecule has 0 aliphatic rings. The zero-order valence-electron chi connectivity index (χ0n) is 20.2. The molecule has 35 heavy (non-hydrogen) atoms. The minimum atomic E-state index is -0.306. The summed E-state index contributed by atoms with van der Waals surface area (Å²) in [6.45, 7) is 8.37. The molecular formula is C27H28ClN5OS. The van der Waals surface area contributed by atoms with Gasteiger partial charge in [0.05, 0.1) is 12.2 Å². The van der Waals surface area contributed by atoms with Crippen LogP contribution >= 0.6 is 23.4 Å². The summed E-state index contributed by atoms with van der Waals surface area (Å²) in [5, 5.41) is 16.0. The van der Waals surface area contributed by atoms with Gasteiger partial charge in [-0.05, 0) is 74.2 Å². The first-order valence-electron chi connectivity index (χ1n) is 11.3. The maximum Gasteiger partial charge on any atom is 0.319 e. The second-order valence-electron chi connectivity index (χ2n) is 8.55. The van der Waals surface area contributed by atoms with Gasteiger partial charge in [0.1, 0.15) is 0 Å². The summed E-state index contributed by atoms with van der Waals surface area (Å²) in [6.07, 6.45) is 0. The second kappa shape index (κ2) is 11.0. The maximum absolute atomic E-state index is 12.6. The van der Waals surface area contributed by atoms with Gasteiger partial charge in [0.2, 0.25) is 0 Å². The van der Waals surface area contributed by atoms with Crippen molar-refractivity contribution >= 4 is 35.1 Å². The largest absolute Gasteiger partial charge is 0.331 e. The zero-order chi connectivity index (χ0) is 24.9. The Balaban J connectivity index is 1.55. The van der Waals surface area contributed by atoms with E-state index in [1.54, 1.807) is 11.8 Å². The predicted octanol–water partition coefficient (Wildman–Crippen LogP) is 6.77. The topological polar surface area (TPSA) is 71.8 Å². The average Bonchev–Trinajstić information content (AvgIpc) is 3.23. The number of halogens is 1. The molecule has 0 fully saturated rings. The number of hydrogen-bond donors (Lipinski definition) is 2. The third kappa shape index (κ3) is 6.24. The lowest BCUT2D eigenvalue weighted by molar-refractivity contribution is 0.251. The lowest BCUT2D eigenvalue weighted by Crippen LogP contribution is -2.29. The van der Waals surface area contributed by atoms with Crippen molar-refractivity contribution in [1.82, 2.24) is 20.1 Å². The smallest absolute Gasteiger partial charge is 0.319 e. The molecule has 2 N–H and O–H groups in total. The molecule has 1 heterocycles. The van der Waals surface area contributed by atoms with Gasteiger partial charge in [-0.2, -0.15) is 0 Å². The van der Waals surface area contributed by atoms with Crippen molar-refractivity contribution in [2.24, 2.45) is 0 Å². The molecule has 0 atom stereocenters. The van der Waals surface area contributed by atoms with Crippen molar-refractivity contribution in [1.29, 1.82) is 0 Å². The molecule has 0 saturated carbocycles. The molecule has 0 unspecified atom stereocenters. The van der Waals surface area contributed by atoms with Crippen molar-refractivity contribution in [2.45, 2.75) is 45.1 Å². The SMILES string of the molecule is Cc1cccc(CSc2nnc(CNC(=O)Nc3ccc(C)c(C)c3)n2-c2cc(Cl)ccc2C)c1. The number of hydrogen-bond acceptors (Lipinski definition) is 4. The monoisotopic (exact) mass is 505 g/mol. The van der Waals surface area contributed by atoms with Crippen LogP contribution in [0.4, 0.5) is 10.5 Å². The molecular weight excluding hydrogens is 478 g/mol. The first-order valence-corrected chi connectivity index (χ1v) is 12.7. The molecule has 4 rings (SSSR count). The molecule has 1 aromatic heterocycles. The van der Waals surface area contributed by atoms with Crippen LogP contribution in [0.3, 0.4) is 0 Å². The van der Waals surface area contributed by atoms with E-state index in [0.29, 0.717) is 10.8 Å². The summed E-state index contributed by atoms with van der Waals surface area (Å²) in [5.41, 5.74) is 7.39. The van der Waals surface area contributed by atoms with Crippen LogP contribution in [0.1, 0.15) is 33.6 Å². The maximum atomic E-state index is 12.6. The minimum Gasteiger partial charge on any atom is -0.331 e. The molecule has 6 nitrogen and oxygen atoms in total. The Kier molecular flexibility index (Phi) is 7.78. The Bertz CT molecular complexity index is 1370. The van der Waals surface area contributed by atoms with E-state index in [4.69, 9.17) is 11.6 Å². The first kappa shape index (κ1) is 24.8. The van der Waals surface area contributed by atoms with E-state index in [1.165, 1.54) is 16.7 Å². The number of nitrogens with one attached hydrogen (secondary N) is 2. The number of aromatic nitrogens is 3. The van der Waals surface area contributed by atoms with Gasteiger partial charge < -0.3 is 10.6 Å². The highest BCUT2D eigenvalue weighted by atomic mass is 35.5. The lowest BCUT2D eigenvalue weighted by atomic mass is 10.1. The summed E-state index contributed by atoms with van der Waals surface area (Å²) in [6, 6.07) is 19.7. The van der Waals surface area contributed by atoms with Gasteiger partial charge in [0.25, 0.3) is 0 Å². The Morgan fingerprint density at radius 2 is 1.74 bits per heavy atom. The van der Waals surface area contributed by atoms with E-state index in [2.05, 4.69) is 52.0 Å². The number of rotatable bonds is 7. The summed E-state index contributed by atoms with van der Waals surface area (Å²) in [4.78, 5) is 12.6. The fraction of sp³-hybridized carbons (Fsp3) is 0.222. The number of aryl methyl sites for hydroxylation is 4. The van der Waals surface area contributed by atoms with Gasteiger partial charge in [-0.3, -0.25) is 4.57 Å². The summed E-state index contributed by atoms with van der Waals surface area (Å²) in [7, 11) is 0. The summed E-state index contributed by atoms with van der Waals surface area (Å²) in [5.74, 6) is 1.37. The van der Waals surface area contributed by atoms with E-state index < -0.39 is 0 Å². The Morgan fingerprint density at radius 1 is 0.943 bits per heavy atom. The van der Waals surface area contributed by atoms with Crippen molar-refractivity contribution in [2.75, 3.05) is 5.32 Å². The van der Waals surface area contributed by atoms with Crippen LogP contribution in [0.5, 0.6) is 0 Å². The molecule has 0 radical (unpaired) electrons. The van der Waals surface area contributed by atoms with Gasteiger partial charge in [-0.15, -0.1) is 10.2 Å². The molecule has 0 saturated heterocycles. The van der Waals surface area contributed by atoms with Gasteiger partial charge in [-0.1, -0.05) is 65.3 Å². The highest BCUT2D eigenvalue weighted by molar-refractivity contribution is 7.98. The molecule has 3 aromatic carbocycles. The third-order valence-electron chi connectivity index (χ3n) is 5.73. The normalized spacial score (nSPS) is 10.9. The molecule has 0 aliphatic carbocycles. The number of carbonyl (C=O) groups excluding carboxylic acids is 1. The van der Waals surface area contributed by atoms with Crippen LogP contribution in [0, 0.1) is 27.7 Å². The standard InChI is InChI=1S/C27H28ClN5OS/c1-17-6-5-7-21(12-17)16-35-27-32-31-25(33(27)24-14-22(28)10-8-19(24)3)15-29-26(34)30-23-11-9-18(2)20(4)13-23/h5-14H,15-16H2,1-4H3,(H2,29,30,34). The van der Waals surface area contributed by atoms with Crippen molar-refractivity contribution < 1.29 is 4.79 Å². The Morgan fingerprint density at radius 3 is 2.51 bits per heavy atom. The van der Waals surface area contributed by atoms with Gasteiger partial charge in [-0.25, -0.2) is 4.79 Å². The van der Waals surface area contributed by atoms with Gasteiger partial charge in [0, 0.05) is 16.5 Å². The number of benzene rings is 3. The quantitative estimate of drug-likeness (QED) is 0.272. The van der Waals surface area contributed by atoms with Crippen molar-refractivity contribution in [3.05, 3.63) is 99.3 Å². The second-order valence-corrected chi connectivity index (χ2v) is 9.93. The van der Waals surface area contributed by atoms with Crippen LogP contribution in [0.15, 0.2) is 65.8 Å². The molecule has 0 aliphatic heterocycles. The number of nitrogens with zero attached hydrogens (tertiary/aromatic N) is 3. The molecule has 2 amide bonds. The zero-order valence-corrected chi connectivity index (χ0v) is 21.8. The predicted molar refractivity (Wildman–Crippen MR) is 144 cm³/mol. The highest BCUT2D eigenvalue weighted by Gasteiger charge is 2.17. The summed E-state index contributed by atoms with van der Waals surface area (Å²) < 4.78 is 1.97. The van der Waals surface area contributed by atoms with E-state index in [-0.39, 0.29) is 12.6 Å². The number of anilines is 1. The molecule has 4 aromatic rings. The van der Waals surface area contributed by atoms with E-state index >= 15 is 0 Å². The number of carbonyl (C=O) groups is 1. The molecule has 0 spiro atoms.